The van der Waals surface area contributed by atoms with Crippen LogP contribution in [0.4, 0.5) is 0 Å². The van der Waals surface area contributed by atoms with Gasteiger partial charge in [-0.1, -0.05) is 12.1 Å². The highest BCUT2D eigenvalue weighted by Crippen LogP contribution is 2.35. The van der Waals surface area contributed by atoms with Crippen LogP contribution >= 0.6 is 0 Å². The Hall–Kier alpha value is -2.67. The number of rotatable bonds is 6. The average Bonchev–Trinajstić information content (AvgIpc) is 2.62. The second kappa shape index (κ2) is 7.94. The first kappa shape index (κ1) is 17.2. The number of likely N-dealkylation sites (tertiary alicyclic amines) is 1. The van der Waals surface area contributed by atoms with Crippen molar-refractivity contribution in [2.45, 2.75) is 18.8 Å². The summed E-state index contributed by atoms with van der Waals surface area (Å²) in [6.07, 6.45) is 5.22. The van der Waals surface area contributed by atoms with E-state index in [1.54, 1.807) is 19.5 Å². The molecule has 2 aromatic rings. The Bertz CT molecular complexity index is 738. The first-order valence-corrected chi connectivity index (χ1v) is 8.30. The van der Waals surface area contributed by atoms with Crippen molar-refractivity contribution in [2.24, 2.45) is 5.73 Å². The lowest BCUT2D eigenvalue weighted by Crippen LogP contribution is -2.40. The molecular weight excluding hydrogens is 320 g/mol. The number of nitrogens with zero attached hydrogens (tertiary/aromatic N) is 3. The topological polar surface area (TPSA) is 90.6 Å². The fourth-order valence-electron chi connectivity index (χ4n) is 3.14. The molecule has 0 radical (unpaired) electrons. The zero-order valence-electron chi connectivity index (χ0n) is 14.2. The van der Waals surface area contributed by atoms with Crippen LogP contribution in [0.25, 0.3) is 0 Å². The van der Waals surface area contributed by atoms with Crippen LogP contribution in [0.1, 0.15) is 24.5 Å². The Morgan fingerprint density at radius 2 is 2.04 bits per heavy atom. The van der Waals surface area contributed by atoms with Crippen molar-refractivity contribution in [1.29, 1.82) is 0 Å². The van der Waals surface area contributed by atoms with E-state index in [-0.39, 0.29) is 18.4 Å². The van der Waals surface area contributed by atoms with E-state index in [2.05, 4.69) is 14.9 Å². The molecule has 3 rings (SSSR count). The number of aromatic nitrogens is 2. The number of methoxy groups -OCH3 is 1. The zero-order chi connectivity index (χ0) is 17.6. The van der Waals surface area contributed by atoms with E-state index in [0.717, 1.165) is 25.1 Å². The molecule has 1 unspecified atom stereocenters. The summed E-state index contributed by atoms with van der Waals surface area (Å²) in [7, 11) is 1.60. The minimum atomic E-state index is -0.315. The molecule has 25 heavy (non-hydrogen) atoms. The van der Waals surface area contributed by atoms with Crippen LogP contribution in [0.3, 0.4) is 0 Å². The number of piperidine rings is 1. The molecule has 1 aromatic carbocycles. The quantitative estimate of drug-likeness (QED) is 0.863. The van der Waals surface area contributed by atoms with Gasteiger partial charge in [0.1, 0.15) is 5.69 Å². The molecule has 2 heterocycles. The second-order valence-electron chi connectivity index (χ2n) is 6.04. The zero-order valence-corrected chi connectivity index (χ0v) is 14.2. The van der Waals surface area contributed by atoms with Crippen molar-refractivity contribution in [2.75, 3.05) is 26.7 Å². The summed E-state index contributed by atoms with van der Waals surface area (Å²) in [6, 6.07) is 7.42. The number of nitrogens with two attached hydrogens (primary N) is 1. The van der Waals surface area contributed by atoms with Crippen LogP contribution < -0.4 is 15.2 Å². The molecule has 0 spiro atoms. The van der Waals surface area contributed by atoms with Gasteiger partial charge in [-0.2, -0.15) is 0 Å². The monoisotopic (exact) mass is 342 g/mol. The number of primary amides is 1. The molecule has 1 fully saturated rings. The van der Waals surface area contributed by atoms with Crippen LogP contribution in [0.2, 0.25) is 0 Å². The summed E-state index contributed by atoms with van der Waals surface area (Å²) in [6.45, 7) is 1.84. The van der Waals surface area contributed by atoms with E-state index in [4.69, 9.17) is 15.2 Å². The van der Waals surface area contributed by atoms with Crippen LogP contribution in [0.5, 0.6) is 17.4 Å². The van der Waals surface area contributed by atoms with Gasteiger partial charge in [0, 0.05) is 24.9 Å². The Labute approximate surface area is 146 Å². The van der Waals surface area contributed by atoms with Crippen LogP contribution in [0.15, 0.2) is 36.7 Å². The van der Waals surface area contributed by atoms with E-state index in [1.807, 2.05) is 24.3 Å². The molecule has 7 nitrogen and oxygen atoms in total. The number of carbonyl (C=O) groups excluding carboxylic acids is 1. The van der Waals surface area contributed by atoms with E-state index >= 15 is 0 Å². The highest BCUT2D eigenvalue weighted by Gasteiger charge is 2.26. The average molecular weight is 342 g/mol. The third-order valence-corrected chi connectivity index (χ3v) is 4.24. The van der Waals surface area contributed by atoms with Crippen molar-refractivity contribution in [3.05, 3.63) is 42.4 Å². The molecule has 0 bridgehead atoms. The van der Waals surface area contributed by atoms with Gasteiger partial charge in [0.2, 0.25) is 11.8 Å². The van der Waals surface area contributed by atoms with Gasteiger partial charge in [-0.3, -0.25) is 14.7 Å². The van der Waals surface area contributed by atoms with E-state index < -0.39 is 0 Å². The fourth-order valence-corrected chi connectivity index (χ4v) is 3.14. The molecule has 132 valence electrons. The molecule has 2 N–H and O–H groups in total. The highest BCUT2D eigenvalue weighted by molar-refractivity contribution is 5.75. The summed E-state index contributed by atoms with van der Waals surface area (Å²) in [5.74, 6) is 1.53. The van der Waals surface area contributed by atoms with Crippen molar-refractivity contribution in [1.82, 2.24) is 14.9 Å². The predicted molar refractivity (Wildman–Crippen MR) is 92.7 cm³/mol. The Balaban J connectivity index is 1.82. The molecule has 0 saturated carbocycles. The summed E-state index contributed by atoms with van der Waals surface area (Å²) < 4.78 is 11.3. The number of carbonyl (C=O) groups is 1. The molecule has 1 aliphatic rings. The van der Waals surface area contributed by atoms with Gasteiger partial charge in [-0.25, -0.2) is 4.98 Å². The lowest BCUT2D eigenvalue weighted by molar-refractivity contribution is -0.119. The number of hydrogen-bond donors (Lipinski definition) is 1. The fraction of sp³-hybridized carbons (Fsp3) is 0.389. The van der Waals surface area contributed by atoms with Gasteiger partial charge in [0.25, 0.3) is 0 Å². The molecule has 7 heteroatoms. The maximum absolute atomic E-state index is 11.2. The van der Waals surface area contributed by atoms with E-state index in [1.165, 1.54) is 0 Å². The van der Waals surface area contributed by atoms with Crippen LogP contribution in [-0.2, 0) is 4.79 Å². The molecule has 1 amide bonds. The SMILES string of the molecule is COc1ccccc1Oc1nccnc1C1CCCN(CC(N)=O)C1. The summed E-state index contributed by atoms with van der Waals surface area (Å²) in [5, 5.41) is 0. The van der Waals surface area contributed by atoms with Crippen molar-refractivity contribution in [3.8, 4) is 17.4 Å². The Morgan fingerprint density at radius 1 is 1.28 bits per heavy atom. The standard InChI is InChI=1S/C18H22N4O3/c1-24-14-6-2-3-7-15(14)25-18-17(20-8-9-21-18)13-5-4-10-22(11-13)12-16(19)23/h2-3,6-9,13H,4-5,10-12H2,1H3,(H2,19,23). The Kier molecular flexibility index (Phi) is 5.45. The molecule has 1 saturated heterocycles. The van der Waals surface area contributed by atoms with E-state index in [9.17, 15) is 4.79 Å². The minimum absolute atomic E-state index is 0.145. The lowest BCUT2D eigenvalue weighted by atomic mass is 9.94. The van der Waals surface area contributed by atoms with Gasteiger partial charge < -0.3 is 15.2 Å². The third kappa shape index (κ3) is 4.24. The predicted octanol–water partition coefficient (Wildman–Crippen LogP) is 1.94. The summed E-state index contributed by atoms with van der Waals surface area (Å²) >= 11 is 0. The smallest absolute Gasteiger partial charge is 0.241 e. The number of amides is 1. The molecule has 1 atom stereocenters. The lowest BCUT2D eigenvalue weighted by Gasteiger charge is -2.31. The summed E-state index contributed by atoms with van der Waals surface area (Å²) in [5.41, 5.74) is 6.12. The van der Waals surface area contributed by atoms with Gasteiger partial charge in [0.05, 0.1) is 13.7 Å². The largest absolute Gasteiger partial charge is 0.493 e. The van der Waals surface area contributed by atoms with E-state index in [0.29, 0.717) is 23.9 Å². The number of ether oxygens (including phenoxy) is 2. The highest BCUT2D eigenvalue weighted by atomic mass is 16.5. The number of benzene rings is 1. The normalized spacial score (nSPS) is 17.9. The second-order valence-corrected chi connectivity index (χ2v) is 6.04. The van der Waals surface area contributed by atoms with Gasteiger partial charge in [-0.05, 0) is 31.5 Å². The number of para-hydroxylation sites is 2. The van der Waals surface area contributed by atoms with Gasteiger partial charge in [-0.15, -0.1) is 0 Å². The third-order valence-electron chi connectivity index (χ3n) is 4.24. The molecule has 1 aliphatic heterocycles. The molecular formula is C18H22N4O3. The van der Waals surface area contributed by atoms with Gasteiger partial charge >= 0.3 is 0 Å². The van der Waals surface area contributed by atoms with Crippen molar-refractivity contribution in [3.63, 3.8) is 0 Å². The number of hydrogen-bond acceptors (Lipinski definition) is 6. The Morgan fingerprint density at radius 3 is 2.80 bits per heavy atom. The first-order valence-electron chi connectivity index (χ1n) is 8.30. The molecule has 0 aliphatic carbocycles. The van der Waals surface area contributed by atoms with Crippen molar-refractivity contribution >= 4 is 5.91 Å². The first-order chi connectivity index (χ1) is 12.2. The van der Waals surface area contributed by atoms with Crippen LogP contribution in [0, 0.1) is 0 Å². The minimum Gasteiger partial charge on any atom is -0.493 e. The maximum Gasteiger partial charge on any atom is 0.241 e. The van der Waals surface area contributed by atoms with Crippen LogP contribution in [-0.4, -0.2) is 47.5 Å². The summed E-state index contributed by atoms with van der Waals surface area (Å²) in [4.78, 5) is 22.1. The van der Waals surface area contributed by atoms with Crippen molar-refractivity contribution < 1.29 is 14.3 Å². The maximum atomic E-state index is 11.2. The molecule has 1 aromatic heterocycles. The van der Waals surface area contributed by atoms with Gasteiger partial charge in [0.15, 0.2) is 11.5 Å².